The second kappa shape index (κ2) is 4.11. The Morgan fingerprint density at radius 1 is 1.37 bits per heavy atom. The van der Waals surface area contributed by atoms with Crippen molar-refractivity contribution in [2.24, 2.45) is 17.3 Å². The van der Waals surface area contributed by atoms with E-state index in [1.165, 1.54) is 19.3 Å². The van der Waals surface area contributed by atoms with Crippen molar-refractivity contribution in [1.82, 2.24) is 4.90 Å². The fourth-order valence-corrected chi connectivity index (χ4v) is 3.46. The van der Waals surface area contributed by atoms with Gasteiger partial charge in [0.1, 0.15) is 5.60 Å². The molecule has 3 atom stereocenters. The summed E-state index contributed by atoms with van der Waals surface area (Å²) in [5.74, 6) is 1.06. The van der Waals surface area contributed by atoms with Gasteiger partial charge >= 0.3 is 6.09 Å². The first-order valence-electron chi connectivity index (χ1n) is 7.45. The first kappa shape index (κ1) is 13.2. The molecule has 3 rings (SSSR count). The molecular formula is C15H25NO3. The number of β-amino-alcohol motifs (C(OH)–C–C–N with tert-alkyl or cyclic N) is 1. The standard InChI is InChI=1S/C15H25NO3/c1-14(2,3)19-13(18)16-8-10(12(17)9-16)6-11-7-15(11)4-5-15/h10-12,17H,4-9H2,1-3H3/t10-,11?,12-/m1/s1. The molecule has 1 unspecified atom stereocenters. The molecule has 1 N–H and O–H groups in total. The maximum absolute atomic E-state index is 12.0. The summed E-state index contributed by atoms with van der Waals surface area (Å²) in [7, 11) is 0. The summed E-state index contributed by atoms with van der Waals surface area (Å²) in [6, 6.07) is 0. The molecule has 0 radical (unpaired) electrons. The lowest BCUT2D eigenvalue weighted by atomic mass is 9.98. The predicted octanol–water partition coefficient (Wildman–Crippen LogP) is 2.40. The summed E-state index contributed by atoms with van der Waals surface area (Å²) in [5.41, 5.74) is 0.216. The zero-order valence-electron chi connectivity index (χ0n) is 12.2. The molecule has 4 nitrogen and oxygen atoms in total. The van der Waals surface area contributed by atoms with Crippen LogP contribution in [0.3, 0.4) is 0 Å². The third-order valence-electron chi connectivity index (χ3n) is 4.90. The molecule has 1 heterocycles. The highest BCUT2D eigenvalue weighted by Crippen LogP contribution is 2.72. The molecule has 1 saturated heterocycles. The minimum absolute atomic E-state index is 0.248. The number of rotatable bonds is 2. The Morgan fingerprint density at radius 3 is 2.58 bits per heavy atom. The molecule has 0 bridgehead atoms. The van der Waals surface area contributed by atoms with Gasteiger partial charge in [-0.05, 0) is 57.8 Å². The zero-order valence-corrected chi connectivity index (χ0v) is 12.2. The molecule has 0 aromatic heterocycles. The van der Waals surface area contributed by atoms with Gasteiger partial charge in [-0.2, -0.15) is 0 Å². The van der Waals surface area contributed by atoms with Gasteiger partial charge in [-0.1, -0.05) is 0 Å². The van der Waals surface area contributed by atoms with Gasteiger partial charge in [0, 0.05) is 12.5 Å². The monoisotopic (exact) mass is 267 g/mol. The third-order valence-corrected chi connectivity index (χ3v) is 4.90. The van der Waals surface area contributed by atoms with Gasteiger partial charge in [-0.15, -0.1) is 0 Å². The van der Waals surface area contributed by atoms with Crippen LogP contribution in [-0.2, 0) is 4.74 Å². The zero-order chi connectivity index (χ0) is 13.8. The van der Waals surface area contributed by atoms with Gasteiger partial charge in [0.2, 0.25) is 0 Å². The molecule has 2 saturated carbocycles. The number of ether oxygens (including phenoxy) is 1. The van der Waals surface area contributed by atoms with Gasteiger partial charge in [0.05, 0.1) is 12.6 Å². The van der Waals surface area contributed by atoms with Gasteiger partial charge in [-0.3, -0.25) is 0 Å². The van der Waals surface area contributed by atoms with Crippen LogP contribution in [0.2, 0.25) is 0 Å². The van der Waals surface area contributed by atoms with Crippen LogP contribution in [0.1, 0.15) is 46.5 Å². The van der Waals surface area contributed by atoms with Gasteiger partial charge < -0.3 is 14.7 Å². The van der Waals surface area contributed by atoms with Crippen molar-refractivity contribution in [3.05, 3.63) is 0 Å². The van der Waals surface area contributed by atoms with E-state index >= 15 is 0 Å². The van der Waals surface area contributed by atoms with Crippen molar-refractivity contribution in [3.63, 3.8) is 0 Å². The number of likely N-dealkylation sites (tertiary alicyclic amines) is 1. The van der Waals surface area contributed by atoms with E-state index in [0.29, 0.717) is 18.5 Å². The molecule has 108 valence electrons. The fraction of sp³-hybridized carbons (Fsp3) is 0.933. The van der Waals surface area contributed by atoms with Crippen LogP contribution in [0.5, 0.6) is 0 Å². The maximum Gasteiger partial charge on any atom is 0.410 e. The van der Waals surface area contributed by atoms with Crippen molar-refractivity contribution < 1.29 is 14.6 Å². The average Bonchev–Trinajstić information content (AvgIpc) is 3.13. The Bertz CT molecular complexity index is 383. The van der Waals surface area contributed by atoms with E-state index in [-0.39, 0.29) is 18.1 Å². The van der Waals surface area contributed by atoms with E-state index in [1.807, 2.05) is 20.8 Å². The second-order valence-electron chi connectivity index (χ2n) is 7.71. The molecule has 4 heteroatoms. The van der Waals surface area contributed by atoms with Crippen LogP contribution in [0.4, 0.5) is 4.79 Å². The highest BCUT2D eigenvalue weighted by Gasteiger charge is 2.62. The minimum atomic E-state index is -0.464. The summed E-state index contributed by atoms with van der Waals surface area (Å²) in [4.78, 5) is 13.7. The smallest absolute Gasteiger partial charge is 0.410 e. The lowest BCUT2D eigenvalue weighted by Gasteiger charge is -2.24. The quantitative estimate of drug-likeness (QED) is 0.836. The topological polar surface area (TPSA) is 49.8 Å². The van der Waals surface area contributed by atoms with Crippen LogP contribution in [-0.4, -0.2) is 40.9 Å². The number of amides is 1. The first-order valence-corrected chi connectivity index (χ1v) is 7.45. The molecule has 1 spiro atoms. The van der Waals surface area contributed by atoms with Gasteiger partial charge in [-0.25, -0.2) is 4.79 Å². The number of aliphatic hydroxyl groups excluding tert-OH is 1. The first-order chi connectivity index (χ1) is 8.79. The molecule has 1 amide bonds. The normalized spacial score (nSPS) is 35.6. The summed E-state index contributed by atoms with van der Waals surface area (Å²) < 4.78 is 5.37. The van der Waals surface area contributed by atoms with E-state index in [9.17, 15) is 9.90 Å². The number of nitrogens with zero attached hydrogens (tertiary/aromatic N) is 1. The number of aliphatic hydroxyl groups is 1. The molecule has 19 heavy (non-hydrogen) atoms. The largest absolute Gasteiger partial charge is 0.444 e. The van der Waals surface area contributed by atoms with Crippen molar-refractivity contribution >= 4 is 6.09 Å². The Balaban J connectivity index is 1.51. The second-order valence-corrected chi connectivity index (χ2v) is 7.71. The Kier molecular flexibility index (Phi) is 2.86. The Labute approximate surface area is 115 Å². The number of carbonyl (C=O) groups is 1. The molecule has 0 aromatic carbocycles. The SMILES string of the molecule is CC(C)(C)OC(=O)N1C[C@@H](CC2CC23CC3)[C@H](O)C1. The minimum Gasteiger partial charge on any atom is -0.444 e. The highest BCUT2D eigenvalue weighted by atomic mass is 16.6. The summed E-state index contributed by atoms with van der Waals surface area (Å²) >= 11 is 0. The van der Waals surface area contributed by atoms with Crippen LogP contribution in [0, 0.1) is 17.3 Å². The number of carbonyl (C=O) groups excluding carboxylic acids is 1. The Morgan fingerprint density at radius 2 is 2.05 bits per heavy atom. The van der Waals surface area contributed by atoms with Crippen LogP contribution >= 0.6 is 0 Å². The van der Waals surface area contributed by atoms with Gasteiger partial charge in [0.25, 0.3) is 0 Å². The van der Waals surface area contributed by atoms with Crippen molar-refractivity contribution in [1.29, 1.82) is 0 Å². The Hall–Kier alpha value is -0.770. The molecule has 2 aliphatic carbocycles. The number of hydrogen-bond acceptors (Lipinski definition) is 3. The molecule has 1 aliphatic heterocycles. The maximum atomic E-state index is 12.0. The van der Waals surface area contributed by atoms with Crippen LogP contribution in [0.25, 0.3) is 0 Å². The average molecular weight is 267 g/mol. The van der Waals surface area contributed by atoms with Crippen molar-refractivity contribution in [2.45, 2.75) is 58.2 Å². The molecular weight excluding hydrogens is 242 g/mol. The lowest BCUT2D eigenvalue weighted by Crippen LogP contribution is -2.35. The third kappa shape index (κ3) is 2.73. The van der Waals surface area contributed by atoms with E-state index in [2.05, 4.69) is 0 Å². The number of hydrogen-bond donors (Lipinski definition) is 1. The van der Waals surface area contributed by atoms with Crippen molar-refractivity contribution in [2.75, 3.05) is 13.1 Å². The van der Waals surface area contributed by atoms with Crippen LogP contribution in [0.15, 0.2) is 0 Å². The van der Waals surface area contributed by atoms with Gasteiger partial charge in [0.15, 0.2) is 0 Å². The summed E-state index contributed by atoms with van der Waals surface area (Å²) in [6.45, 7) is 6.70. The predicted molar refractivity (Wildman–Crippen MR) is 71.7 cm³/mol. The van der Waals surface area contributed by atoms with Crippen molar-refractivity contribution in [3.8, 4) is 0 Å². The summed E-state index contributed by atoms with van der Waals surface area (Å²) in [6.07, 6.45) is 4.55. The lowest BCUT2D eigenvalue weighted by molar-refractivity contribution is 0.0269. The van der Waals surface area contributed by atoms with E-state index in [4.69, 9.17) is 4.74 Å². The highest BCUT2D eigenvalue weighted by molar-refractivity contribution is 5.68. The van der Waals surface area contributed by atoms with E-state index in [0.717, 1.165) is 12.3 Å². The molecule has 0 aromatic rings. The fourth-order valence-electron chi connectivity index (χ4n) is 3.46. The molecule has 3 aliphatic rings. The van der Waals surface area contributed by atoms with Crippen LogP contribution < -0.4 is 0 Å². The summed E-state index contributed by atoms with van der Waals surface area (Å²) in [5, 5.41) is 10.1. The van der Waals surface area contributed by atoms with E-state index in [1.54, 1.807) is 4.90 Å². The van der Waals surface area contributed by atoms with E-state index < -0.39 is 5.60 Å². The molecule has 3 fully saturated rings.